The summed E-state index contributed by atoms with van der Waals surface area (Å²) in [7, 11) is 4.83. The Kier molecular flexibility index (Phi) is 4.96. The minimum Gasteiger partial charge on any atom is -0.493 e. The van der Waals surface area contributed by atoms with Crippen molar-refractivity contribution in [3.63, 3.8) is 0 Å². The van der Waals surface area contributed by atoms with Crippen molar-refractivity contribution >= 4 is 0 Å². The van der Waals surface area contributed by atoms with Crippen molar-refractivity contribution in [3.05, 3.63) is 17.7 Å². The number of rotatable bonds is 8. The van der Waals surface area contributed by atoms with Crippen molar-refractivity contribution in [2.45, 2.75) is 25.8 Å². The summed E-state index contributed by atoms with van der Waals surface area (Å²) < 4.78 is 16.1. The van der Waals surface area contributed by atoms with Gasteiger partial charge in [-0.05, 0) is 37.5 Å². The van der Waals surface area contributed by atoms with Crippen LogP contribution in [0.15, 0.2) is 12.1 Å². The van der Waals surface area contributed by atoms with E-state index in [1.165, 1.54) is 0 Å². The molecule has 1 aliphatic carbocycles. The second-order valence-electron chi connectivity index (χ2n) is 5.72. The van der Waals surface area contributed by atoms with Gasteiger partial charge in [-0.25, -0.2) is 0 Å². The lowest BCUT2D eigenvalue weighted by Crippen LogP contribution is -2.28. The molecule has 1 aliphatic rings. The minimum absolute atomic E-state index is 0.0922. The Bertz CT molecular complexity index is 460. The van der Waals surface area contributed by atoms with Gasteiger partial charge in [0.05, 0.1) is 21.3 Å². The topological polar surface area (TPSA) is 60.0 Å². The van der Waals surface area contributed by atoms with E-state index in [-0.39, 0.29) is 18.1 Å². The molecule has 2 rings (SSSR count). The molecule has 21 heavy (non-hydrogen) atoms. The summed E-state index contributed by atoms with van der Waals surface area (Å²) in [6, 6.07) is 4.05. The molecule has 0 aromatic heterocycles. The van der Waals surface area contributed by atoms with E-state index in [1.807, 2.05) is 12.1 Å². The molecule has 0 aliphatic heterocycles. The number of nitrogens with one attached hydrogen (secondary N) is 1. The number of aliphatic hydroxyl groups excluding tert-OH is 1. The standard InChI is InChI=1S/C16H25NO4/c1-11(17-9-16(10-18)5-6-16)12-7-13(19-2)15(21-4)14(8-12)20-3/h7-8,11,17-18H,5-6,9-10H2,1-4H3. The maximum atomic E-state index is 9.38. The molecule has 1 aromatic carbocycles. The first-order valence-electron chi connectivity index (χ1n) is 7.23. The molecule has 1 aromatic rings. The van der Waals surface area contributed by atoms with E-state index in [9.17, 15) is 5.11 Å². The second-order valence-corrected chi connectivity index (χ2v) is 5.72. The molecule has 5 heteroatoms. The van der Waals surface area contributed by atoms with Gasteiger partial charge in [0.1, 0.15) is 0 Å². The first kappa shape index (κ1) is 15.9. The predicted molar refractivity (Wildman–Crippen MR) is 81.3 cm³/mol. The first-order valence-corrected chi connectivity index (χ1v) is 7.23. The Morgan fingerprint density at radius 3 is 2.10 bits per heavy atom. The lowest BCUT2D eigenvalue weighted by molar-refractivity contribution is 0.204. The van der Waals surface area contributed by atoms with Crippen molar-refractivity contribution in [2.24, 2.45) is 5.41 Å². The number of hydrogen-bond acceptors (Lipinski definition) is 5. The molecule has 0 saturated heterocycles. The third kappa shape index (κ3) is 3.41. The van der Waals surface area contributed by atoms with Crippen LogP contribution in [-0.4, -0.2) is 39.6 Å². The van der Waals surface area contributed by atoms with Crippen LogP contribution in [0.2, 0.25) is 0 Å². The molecule has 1 saturated carbocycles. The molecule has 0 heterocycles. The normalized spacial score (nSPS) is 17.2. The minimum atomic E-state index is 0.0922. The number of methoxy groups -OCH3 is 3. The highest BCUT2D eigenvalue weighted by Crippen LogP contribution is 2.45. The first-order chi connectivity index (χ1) is 10.1. The van der Waals surface area contributed by atoms with Crippen molar-refractivity contribution in [2.75, 3.05) is 34.5 Å². The summed E-state index contributed by atoms with van der Waals surface area (Å²) in [5.74, 6) is 1.91. The number of benzene rings is 1. The fraction of sp³-hybridized carbons (Fsp3) is 0.625. The fourth-order valence-corrected chi connectivity index (χ4v) is 2.41. The molecular formula is C16H25NO4. The van der Waals surface area contributed by atoms with Crippen molar-refractivity contribution in [3.8, 4) is 17.2 Å². The van der Waals surface area contributed by atoms with E-state index in [2.05, 4.69) is 12.2 Å². The molecule has 0 amide bonds. The van der Waals surface area contributed by atoms with Gasteiger partial charge >= 0.3 is 0 Å². The van der Waals surface area contributed by atoms with Gasteiger partial charge in [-0.2, -0.15) is 0 Å². The Morgan fingerprint density at radius 1 is 1.14 bits per heavy atom. The van der Waals surface area contributed by atoms with E-state index >= 15 is 0 Å². The molecule has 1 unspecified atom stereocenters. The van der Waals surface area contributed by atoms with E-state index < -0.39 is 0 Å². The molecule has 1 atom stereocenters. The van der Waals surface area contributed by atoms with Gasteiger partial charge in [0.25, 0.3) is 0 Å². The van der Waals surface area contributed by atoms with Crippen LogP contribution in [0.1, 0.15) is 31.4 Å². The van der Waals surface area contributed by atoms with Crippen LogP contribution in [0.25, 0.3) is 0 Å². The van der Waals surface area contributed by atoms with Crippen LogP contribution in [0, 0.1) is 5.41 Å². The lowest BCUT2D eigenvalue weighted by atomic mass is 10.0. The largest absolute Gasteiger partial charge is 0.493 e. The van der Waals surface area contributed by atoms with Crippen LogP contribution in [0.3, 0.4) is 0 Å². The summed E-state index contributed by atoms with van der Waals surface area (Å²) in [6.07, 6.45) is 2.19. The Hall–Kier alpha value is -1.46. The average molecular weight is 295 g/mol. The molecule has 0 spiro atoms. The van der Waals surface area contributed by atoms with Crippen LogP contribution in [0.5, 0.6) is 17.2 Å². The summed E-state index contributed by atoms with van der Waals surface area (Å²) in [6.45, 7) is 3.16. The van der Waals surface area contributed by atoms with Crippen LogP contribution < -0.4 is 19.5 Å². The monoisotopic (exact) mass is 295 g/mol. The second kappa shape index (κ2) is 6.54. The number of aliphatic hydroxyl groups is 1. The lowest BCUT2D eigenvalue weighted by Gasteiger charge is -2.21. The molecule has 1 fully saturated rings. The quantitative estimate of drug-likeness (QED) is 0.769. The van der Waals surface area contributed by atoms with Gasteiger partial charge in [-0.1, -0.05) is 0 Å². The molecule has 0 radical (unpaired) electrons. The van der Waals surface area contributed by atoms with E-state index in [1.54, 1.807) is 21.3 Å². The van der Waals surface area contributed by atoms with Crippen molar-refractivity contribution in [1.82, 2.24) is 5.32 Å². The zero-order chi connectivity index (χ0) is 15.5. The van der Waals surface area contributed by atoms with Crippen LogP contribution in [0.4, 0.5) is 0 Å². The van der Waals surface area contributed by atoms with E-state index in [0.717, 1.165) is 24.9 Å². The maximum Gasteiger partial charge on any atom is 0.203 e. The smallest absolute Gasteiger partial charge is 0.203 e. The molecule has 5 nitrogen and oxygen atoms in total. The zero-order valence-corrected chi connectivity index (χ0v) is 13.2. The SMILES string of the molecule is COc1cc(C(C)NCC2(CO)CC2)cc(OC)c1OC. The van der Waals surface area contributed by atoms with Crippen molar-refractivity contribution in [1.29, 1.82) is 0 Å². The fourth-order valence-electron chi connectivity index (χ4n) is 2.41. The zero-order valence-electron chi connectivity index (χ0n) is 13.2. The summed E-state index contributed by atoms with van der Waals surface area (Å²) >= 11 is 0. The van der Waals surface area contributed by atoms with Gasteiger partial charge in [0, 0.05) is 24.6 Å². The van der Waals surface area contributed by atoms with Crippen molar-refractivity contribution < 1.29 is 19.3 Å². The summed E-state index contributed by atoms with van der Waals surface area (Å²) in [5.41, 5.74) is 1.16. The van der Waals surface area contributed by atoms with Gasteiger partial charge < -0.3 is 24.6 Å². The summed E-state index contributed by atoms with van der Waals surface area (Å²) in [4.78, 5) is 0. The number of ether oxygens (including phenoxy) is 3. The van der Waals surface area contributed by atoms with E-state index in [4.69, 9.17) is 14.2 Å². The van der Waals surface area contributed by atoms with Gasteiger partial charge in [0.15, 0.2) is 11.5 Å². The highest BCUT2D eigenvalue weighted by molar-refractivity contribution is 5.54. The molecular weight excluding hydrogens is 270 g/mol. The van der Waals surface area contributed by atoms with Crippen LogP contribution >= 0.6 is 0 Å². The van der Waals surface area contributed by atoms with Gasteiger partial charge in [-0.3, -0.25) is 0 Å². The van der Waals surface area contributed by atoms with Gasteiger partial charge in [-0.15, -0.1) is 0 Å². The third-order valence-electron chi connectivity index (χ3n) is 4.26. The van der Waals surface area contributed by atoms with Crippen LogP contribution in [-0.2, 0) is 0 Å². The average Bonchev–Trinajstić information content (AvgIpc) is 3.31. The highest BCUT2D eigenvalue weighted by Gasteiger charge is 2.41. The van der Waals surface area contributed by atoms with E-state index in [0.29, 0.717) is 17.2 Å². The predicted octanol–water partition coefficient (Wildman–Crippen LogP) is 2.14. The Balaban J connectivity index is 2.14. The maximum absolute atomic E-state index is 9.38. The molecule has 0 bridgehead atoms. The molecule has 2 N–H and O–H groups in total. The molecule has 118 valence electrons. The highest BCUT2D eigenvalue weighted by atomic mass is 16.5. The number of hydrogen-bond donors (Lipinski definition) is 2. The third-order valence-corrected chi connectivity index (χ3v) is 4.26. The summed E-state index contributed by atoms with van der Waals surface area (Å²) in [5, 5.41) is 12.9. The Labute approximate surface area is 126 Å². The Morgan fingerprint density at radius 2 is 1.71 bits per heavy atom. The van der Waals surface area contributed by atoms with Gasteiger partial charge in [0.2, 0.25) is 5.75 Å².